The monoisotopic (exact) mass is 351 g/mol. The van der Waals surface area contributed by atoms with Crippen LogP contribution in [0.15, 0.2) is 30.8 Å². The van der Waals surface area contributed by atoms with Gasteiger partial charge in [-0.15, -0.1) is 0 Å². The molecule has 0 aromatic heterocycles. The molecule has 5 rings (SSSR count). The fourth-order valence-corrected chi connectivity index (χ4v) is 4.75. The summed E-state index contributed by atoms with van der Waals surface area (Å²) in [4.78, 5) is 2.36. The van der Waals surface area contributed by atoms with Crippen molar-refractivity contribution in [1.82, 2.24) is 4.90 Å². The molecule has 1 aliphatic carbocycles. The number of benzene rings is 2. The number of rotatable bonds is 1. The molecule has 2 aliphatic heterocycles. The Morgan fingerprint density at radius 3 is 2.92 bits per heavy atom. The maximum Gasteiger partial charge on any atom is 0.231 e. The Morgan fingerprint density at radius 2 is 2.12 bits per heavy atom. The molecule has 0 radical (unpaired) electrons. The first-order valence-corrected chi connectivity index (χ1v) is 8.79. The largest absolute Gasteiger partial charge is 0.504 e. The van der Waals surface area contributed by atoms with Gasteiger partial charge in [0.25, 0.3) is 0 Å². The lowest BCUT2D eigenvalue weighted by Crippen LogP contribution is -2.48. The van der Waals surface area contributed by atoms with Gasteiger partial charge >= 0.3 is 0 Å². The molecule has 26 heavy (non-hydrogen) atoms. The van der Waals surface area contributed by atoms with Gasteiger partial charge in [-0.3, -0.25) is 4.90 Å². The maximum atomic E-state index is 10.2. The summed E-state index contributed by atoms with van der Waals surface area (Å²) in [6, 6.07) is 7.85. The first kappa shape index (κ1) is 15.6. The average Bonchev–Trinajstić information content (AvgIpc) is 3.22. The quantitative estimate of drug-likeness (QED) is 0.856. The molecular formula is C21H21NO4. The molecule has 1 atom stereocenters. The lowest BCUT2D eigenvalue weighted by molar-refractivity contribution is 0.162. The Bertz CT molecular complexity index is 952. The topological polar surface area (TPSA) is 51.2 Å². The molecule has 0 fully saturated rings. The van der Waals surface area contributed by atoms with Crippen LogP contribution in [0, 0.1) is 0 Å². The van der Waals surface area contributed by atoms with Crippen LogP contribution in [-0.2, 0) is 18.4 Å². The lowest BCUT2D eigenvalue weighted by atomic mass is 9.76. The molecular weight excluding hydrogens is 330 g/mol. The predicted octanol–water partition coefficient (Wildman–Crippen LogP) is 3.08. The molecule has 1 N–H and O–H groups in total. The van der Waals surface area contributed by atoms with E-state index in [2.05, 4.69) is 24.6 Å². The second-order valence-corrected chi connectivity index (χ2v) is 7.19. The number of nitrogens with zero attached hydrogens (tertiary/aromatic N) is 1. The minimum absolute atomic E-state index is 0.185. The number of fused-ring (bicyclic) bond motifs is 5. The van der Waals surface area contributed by atoms with E-state index < -0.39 is 0 Å². The second kappa shape index (κ2) is 5.17. The molecule has 1 unspecified atom stereocenters. The van der Waals surface area contributed by atoms with Gasteiger partial charge < -0.3 is 19.3 Å². The Kier molecular flexibility index (Phi) is 3.10. The standard InChI is InChI=1S/C21H21NO4/c1-12-14-4-5-18-20(26-11-25-18)15(14)10-21(12)16-9-19(24-3)17(23)8-13(16)6-7-22(21)2/h4-5,8-9,23H,1,6-7,10-11H2,2-3H3. The summed E-state index contributed by atoms with van der Waals surface area (Å²) in [7, 11) is 3.72. The van der Waals surface area contributed by atoms with Gasteiger partial charge in [0, 0.05) is 18.5 Å². The zero-order chi connectivity index (χ0) is 18.1. The summed E-state index contributed by atoms with van der Waals surface area (Å²) >= 11 is 0. The second-order valence-electron chi connectivity index (χ2n) is 7.19. The van der Waals surface area contributed by atoms with Gasteiger partial charge in [0.1, 0.15) is 0 Å². The molecule has 0 saturated heterocycles. The van der Waals surface area contributed by atoms with E-state index in [-0.39, 0.29) is 18.1 Å². The Balaban J connectivity index is 1.74. The Labute approximate surface area is 152 Å². The fourth-order valence-electron chi connectivity index (χ4n) is 4.75. The number of methoxy groups -OCH3 is 1. The number of likely N-dealkylation sites (N-methyl/N-ethyl adjacent to an activating group) is 1. The van der Waals surface area contributed by atoms with Gasteiger partial charge in [0.15, 0.2) is 23.0 Å². The summed E-state index contributed by atoms with van der Waals surface area (Å²) in [5, 5.41) is 10.2. The summed E-state index contributed by atoms with van der Waals surface area (Å²) in [6.07, 6.45) is 1.65. The van der Waals surface area contributed by atoms with Crippen LogP contribution >= 0.6 is 0 Å². The smallest absolute Gasteiger partial charge is 0.231 e. The van der Waals surface area contributed by atoms with Crippen molar-refractivity contribution in [2.45, 2.75) is 18.4 Å². The predicted molar refractivity (Wildman–Crippen MR) is 98.0 cm³/mol. The van der Waals surface area contributed by atoms with E-state index in [1.807, 2.05) is 18.2 Å². The van der Waals surface area contributed by atoms with E-state index >= 15 is 0 Å². The highest BCUT2D eigenvalue weighted by Gasteiger charge is 2.50. The van der Waals surface area contributed by atoms with E-state index in [1.54, 1.807) is 7.11 Å². The summed E-state index contributed by atoms with van der Waals surface area (Å²) in [5.41, 5.74) is 5.26. The highest BCUT2D eigenvalue weighted by atomic mass is 16.7. The van der Waals surface area contributed by atoms with Gasteiger partial charge in [-0.25, -0.2) is 0 Å². The number of phenolic OH excluding ortho intramolecular Hbond substituents is 1. The minimum atomic E-state index is -0.363. The van der Waals surface area contributed by atoms with Crippen molar-refractivity contribution in [3.05, 3.63) is 53.1 Å². The van der Waals surface area contributed by atoms with E-state index in [9.17, 15) is 5.11 Å². The normalized spacial score (nSPS) is 23.2. The number of hydrogen-bond acceptors (Lipinski definition) is 5. The molecule has 2 heterocycles. The van der Waals surface area contributed by atoms with Crippen molar-refractivity contribution in [2.24, 2.45) is 0 Å². The van der Waals surface area contributed by atoms with Crippen LogP contribution in [0.3, 0.4) is 0 Å². The van der Waals surface area contributed by atoms with Gasteiger partial charge in [0.05, 0.1) is 12.6 Å². The van der Waals surface area contributed by atoms with Crippen molar-refractivity contribution in [1.29, 1.82) is 0 Å². The third kappa shape index (κ3) is 1.78. The van der Waals surface area contributed by atoms with E-state index in [0.29, 0.717) is 5.75 Å². The molecule has 2 aromatic rings. The van der Waals surface area contributed by atoms with Crippen molar-refractivity contribution in [2.75, 3.05) is 27.5 Å². The van der Waals surface area contributed by atoms with Gasteiger partial charge in [-0.2, -0.15) is 0 Å². The summed E-state index contributed by atoms with van der Waals surface area (Å²) in [5.74, 6) is 2.32. The summed E-state index contributed by atoms with van der Waals surface area (Å²) in [6.45, 7) is 5.64. The average molecular weight is 351 g/mol. The third-order valence-electron chi connectivity index (χ3n) is 6.12. The minimum Gasteiger partial charge on any atom is -0.504 e. The first-order chi connectivity index (χ1) is 12.6. The van der Waals surface area contributed by atoms with E-state index in [4.69, 9.17) is 14.2 Å². The van der Waals surface area contributed by atoms with Crippen molar-refractivity contribution in [3.8, 4) is 23.0 Å². The zero-order valence-corrected chi connectivity index (χ0v) is 15.0. The SMILES string of the molecule is C=C1c2ccc3c(c2CC12c1cc(OC)c(O)cc1CCN2C)OCO3. The van der Waals surface area contributed by atoms with Crippen LogP contribution in [0.1, 0.15) is 22.3 Å². The number of ether oxygens (including phenoxy) is 3. The number of hydrogen-bond donors (Lipinski definition) is 1. The highest BCUT2D eigenvalue weighted by Crippen LogP contribution is 2.57. The molecule has 1 spiro atoms. The van der Waals surface area contributed by atoms with Crippen molar-refractivity contribution >= 4 is 5.57 Å². The first-order valence-electron chi connectivity index (χ1n) is 8.79. The number of aromatic hydroxyl groups is 1. The lowest BCUT2D eigenvalue weighted by Gasteiger charge is -2.45. The van der Waals surface area contributed by atoms with Crippen LogP contribution in [0.4, 0.5) is 0 Å². The van der Waals surface area contributed by atoms with Crippen LogP contribution in [0.2, 0.25) is 0 Å². The highest BCUT2D eigenvalue weighted by molar-refractivity contribution is 5.84. The molecule has 134 valence electrons. The maximum absolute atomic E-state index is 10.2. The van der Waals surface area contributed by atoms with Gasteiger partial charge in [-0.05, 0) is 53.9 Å². The van der Waals surface area contributed by atoms with Crippen LogP contribution < -0.4 is 14.2 Å². The van der Waals surface area contributed by atoms with E-state index in [1.165, 1.54) is 0 Å². The Morgan fingerprint density at radius 1 is 1.27 bits per heavy atom. The molecule has 0 amide bonds. The fraction of sp³-hybridized carbons (Fsp3) is 0.333. The third-order valence-corrected chi connectivity index (χ3v) is 6.12. The van der Waals surface area contributed by atoms with Crippen molar-refractivity contribution in [3.63, 3.8) is 0 Å². The number of phenols is 1. The van der Waals surface area contributed by atoms with E-state index in [0.717, 1.165) is 58.7 Å². The molecule has 5 heteroatoms. The molecule has 0 bridgehead atoms. The van der Waals surface area contributed by atoms with Crippen molar-refractivity contribution < 1.29 is 19.3 Å². The Hall–Kier alpha value is -2.66. The summed E-state index contributed by atoms with van der Waals surface area (Å²) < 4.78 is 16.7. The molecule has 2 aromatic carbocycles. The molecule has 3 aliphatic rings. The van der Waals surface area contributed by atoms with Gasteiger partial charge in [-0.1, -0.05) is 12.6 Å². The molecule has 5 nitrogen and oxygen atoms in total. The van der Waals surface area contributed by atoms with Crippen LogP contribution in [0.5, 0.6) is 23.0 Å². The van der Waals surface area contributed by atoms with Crippen LogP contribution in [0.25, 0.3) is 5.57 Å². The van der Waals surface area contributed by atoms with Gasteiger partial charge in [0.2, 0.25) is 6.79 Å². The zero-order valence-electron chi connectivity index (χ0n) is 15.0. The van der Waals surface area contributed by atoms with Crippen LogP contribution in [-0.4, -0.2) is 37.5 Å². The molecule has 0 saturated carbocycles.